The van der Waals surface area contributed by atoms with Gasteiger partial charge in [0.1, 0.15) is 23.5 Å². The third kappa shape index (κ3) is 4.36. The Hall–Kier alpha value is -2.96. The van der Waals surface area contributed by atoms with Crippen LogP contribution in [-0.4, -0.2) is 38.7 Å². The average molecular weight is 363 g/mol. The average Bonchev–Trinajstić information content (AvgIpc) is 2.87. The maximum atomic E-state index is 12.0. The van der Waals surface area contributed by atoms with E-state index in [-0.39, 0.29) is 23.6 Å². The van der Waals surface area contributed by atoms with Crippen molar-refractivity contribution in [3.63, 3.8) is 0 Å². The molecule has 0 bridgehead atoms. The van der Waals surface area contributed by atoms with Crippen LogP contribution in [0.5, 0.6) is 0 Å². The maximum absolute atomic E-state index is 12.0. The second-order valence-corrected chi connectivity index (χ2v) is 6.40. The molecule has 1 aliphatic carbocycles. The molecule has 1 fully saturated rings. The van der Waals surface area contributed by atoms with Gasteiger partial charge < -0.3 is 10.1 Å². The van der Waals surface area contributed by atoms with Gasteiger partial charge in [-0.2, -0.15) is 10.4 Å². The number of nitrogens with zero attached hydrogens (tertiary/aromatic N) is 4. The zero-order valence-corrected chi connectivity index (χ0v) is 14.8. The minimum atomic E-state index is -0.891. The standard InChI is InChI=1S/C16H21N5O5/c1-11-15(21(24)25)12(2)20(19-11)8-14(23)26-9-13(22)18-16(10-17)6-4-3-5-7-16/h3-9H2,1-2H3,(H,18,22). The van der Waals surface area contributed by atoms with Crippen molar-refractivity contribution in [1.29, 1.82) is 5.26 Å². The minimum absolute atomic E-state index is 0.149. The van der Waals surface area contributed by atoms with E-state index in [1.165, 1.54) is 18.5 Å². The number of ether oxygens (including phenoxy) is 1. The third-order valence-corrected chi connectivity index (χ3v) is 4.47. The van der Waals surface area contributed by atoms with E-state index in [0.29, 0.717) is 12.8 Å². The first kappa shape index (κ1) is 19.4. The van der Waals surface area contributed by atoms with Gasteiger partial charge in [0.25, 0.3) is 5.91 Å². The van der Waals surface area contributed by atoms with Crippen molar-refractivity contribution in [2.45, 2.75) is 58.0 Å². The fourth-order valence-corrected chi connectivity index (χ4v) is 3.14. The van der Waals surface area contributed by atoms with Crippen molar-refractivity contribution in [3.05, 3.63) is 21.5 Å². The number of carbonyl (C=O) groups is 2. The summed E-state index contributed by atoms with van der Waals surface area (Å²) in [6.45, 7) is 2.12. The first-order valence-electron chi connectivity index (χ1n) is 8.34. The summed E-state index contributed by atoms with van der Waals surface area (Å²) < 4.78 is 6.08. The lowest BCUT2D eigenvalue weighted by molar-refractivity contribution is -0.386. The molecule has 0 aliphatic heterocycles. The monoisotopic (exact) mass is 363 g/mol. The second-order valence-electron chi connectivity index (χ2n) is 6.40. The van der Waals surface area contributed by atoms with Crippen molar-refractivity contribution in [1.82, 2.24) is 15.1 Å². The highest BCUT2D eigenvalue weighted by Crippen LogP contribution is 2.27. The van der Waals surface area contributed by atoms with E-state index >= 15 is 0 Å². The summed E-state index contributed by atoms with van der Waals surface area (Å²) in [6, 6.07) is 2.15. The fraction of sp³-hybridized carbons (Fsp3) is 0.625. The lowest BCUT2D eigenvalue weighted by atomic mass is 9.83. The smallest absolute Gasteiger partial charge is 0.328 e. The van der Waals surface area contributed by atoms with Crippen LogP contribution in [0.15, 0.2) is 0 Å². The molecule has 2 rings (SSSR count). The van der Waals surface area contributed by atoms with Gasteiger partial charge in [-0.1, -0.05) is 19.3 Å². The molecule has 1 saturated carbocycles. The lowest BCUT2D eigenvalue weighted by Gasteiger charge is -2.31. The zero-order chi connectivity index (χ0) is 19.3. The van der Waals surface area contributed by atoms with Gasteiger partial charge in [0, 0.05) is 0 Å². The van der Waals surface area contributed by atoms with Crippen LogP contribution in [0.4, 0.5) is 5.69 Å². The number of nitriles is 1. The number of esters is 1. The summed E-state index contributed by atoms with van der Waals surface area (Å²) in [5, 5.41) is 26.9. The van der Waals surface area contributed by atoms with Gasteiger partial charge in [-0.05, 0) is 26.7 Å². The Bertz CT molecular complexity index is 758. The summed E-state index contributed by atoms with van der Waals surface area (Å²) in [5.74, 6) is -1.28. The summed E-state index contributed by atoms with van der Waals surface area (Å²) in [6.07, 6.45) is 3.93. The molecule has 10 nitrogen and oxygen atoms in total. The Morgan fingerprint density at radius 1 is 1.38 bits per heavy atom. The number of nitrogens with one attached hydrogen (secondary N) is 1. The van der Waals surface area contributed by atoms with E-state index in [1.54, 1.807) is 0 Å². The predicted octanol–water partition coefficient (Wildman–Crippen LogP) is 1.29. The van der Waals surface area contributed by atoms with Gasteiger partial charge in [0.2, 0.25) is 0 Å². The third-order valence-electron chi connectivity index (χ3n) is 4.47. The van der Waals surface area contributed by atoms with E-state index in [2.05, 4.69) is 16.5 Å². The van der Waals surface area contributed by atoms with Crippen molar-refractivity contribution in [2.75, 3.05) is 6.61 Å². The number of aromatic nitrogens is 2. The van der Waals surface area contributed by atoms with Crippen molar-refractivity contribution < 1.29 is 19.2 Å². The highest BCUT2D eigenvalue weighted by Gasteiger charge is 2.33. The number of aryl methyl sites for hydroxylation is 1. The summed E-state index contributed by atoms with van der Waals surface area (Å²) in [4.78, 5) is 34.3. The number of nitro groups is 1. The van der Waals surface area contributed by atoms with Crippen LogP contribution in [0.25, 0.3) is 0 Å². The van der Waals surface area contributed by atoms with Gasteiger partial charge in [0.05, 0.1) is 11.0 Å². The Balaban J connectivity index is 1.89. The van der Waals surface area contributed by atoms with E-state index < -0.39 is 28.9 Å². The molecule has 0 saturated heterocycles. The fourth-order valence-electron chi connectivity index (χ4n) is 3.14. The highest BCUT2D eigenvalue weighted by molar-refractivity contribution is 5.81. The number of hydrogen-bond donors (Lipinski definition) is 1. The van der Waals surface area contributed by atoms with Crippen LogP contribution >= 0.6 is 0 Å². The van der Waals surface area contributed by atoms with E-state index in [0.717, 1.165) is 19.3 Å². The molecule has 1 aromatic rings. The first-order valence-corrected chi connectivity index (χ1v) is 8.34. The molecule has 0 radical (unpaired) electrons. The summed E-state index contributed by atoms with van der Waals surface area (Å²) in [5.41, 5.74) is -0.604. The topological polar surface area (TPSA) is 140 Å². The van der Waals surface area contributed by atoms with Crippen LogP contribution in [0, 0.1) is 35.3 Å². The number of rotatable bonds is 6. The summed E-state index contributed by atoms with van der Waals surface area (Å²) >= 11 is 0. The predicted molar refractivity (Wildman–Crippen MR) is 88.9 cm³/mol. The molecule has 10 heteroatoms. The van der Waals surface area contributed by atoms with E-state index in [4.69, 9.17) is 4.74 Å². The van der Waals surface area contributed by atoms with Crippen molar-refractivity contribution in [3.8, 4) is 6.07 Å². The highest BCUT2D eigenvalue weighted by atomic mass is 16.6. The van der Waals surface area contributed by atoms with Crippen LogP contribution in [-0.2, 0) is 20.9 Å². The molecular weight excluding hydrogens is 342 g/mol. The molecule has 0 aromatic carbocycles. The molecule has 1 amide bonds. The van der Waals surface area contributed by atoms with E-state index in [9.17, 15) is 25.0 Å². The molecule has 0 unspecified atom stereocenters. The molecule has 0 spiro atoms. The van der Waals surface area contributed by atoms with Crippen LogP contribution in [0.3, 0.4) is 0 Å². The lowest BCUT2D eigenvalue weighted by Crippen LogP contribution is -2.50. The van der Waals surface area contributed by atoms with Crippen LogP contribution < -0.4 is 5.32 Å². The molecular formula is C16H21N5O5. The SMILES string of the molecule is Cc1nn(CC(=O)OCC(=O)NC2(C#N)CCCCC2)c(C)c1[N+](=O)[O-]. The van der Waals surface area contributed by atoms with Gasteiger partial charge in [0.15, 0.2) is 6.61 Å². The van der Waals surface area contributed by atoms with Crippen LogP contribution in [0.1, 0.15) is 43.5 Å². The van der Waals surface area contributed by atoms with Gasteiger partial charge >= 0.3 is 11.7 Å². The quantitative estimate of drug-likeness (QED) is 0.456. The molecule has 140 valence electrons. The number of hydrogen-bond acceptors (Lipinski definition) is 7. The summed E-state index contributed by atoms with van der Waals surface area (Å²) in [7, 11) is 0. The molecule has 1 aromatic heterocycles. The Labute approximate surface area is 150 Å². The first-order chi connectivity index (χ1) is 12.3. The maximum Gasteiger partial charge on any atom is 0.328 e. The minimum Gasteiger partial charge on any atom is -0.454 e. The van der Waals surface area contributed by atoms with Crippen molar-refractivity contribution in [2.24, 2.45) is 0 Å². The number of carbonyl (C=O) groups excluding carboxylic acids is 2. The van der Waals surface area contributed by atoms with E-state index in [1.807, 2.05) is 0 Å². The molecule has 1 N–H and O–H groups in total. The molecule has 1 heterocycles. The van der Waals surface area contributed by atoms with Crippen LogP contribution in [0.2, 0.25) is 0 Å². The van der Waals surface area contributed by atoms with Crippen molar-refractivity contribution >= 4 is 17.6 Å². The Morgan fingerprint density at radius 3 is 2.58 bits per heavy atom. The molecule has 1 aliphatic rings. The Kier molecular flexibility index (Phi) is 5.92. The normalized spacial score (nSPS) is 15.7. The zero-order valence-electron chi connectivity index (χ0n) is 14.8. The largest absolute Gasteiger partial charge is 0.454 e. The molecule has 0 atom stereocenters. The Morgan fingerprint density at radius 2 is 2.04 bits per heavy atom. The van der Waals surface area contributed by atoms with Gasteiger partial charge in [-0.3, -0.25) is 24.4 Å². The van der Waals surface area contributed by atoms with Gasteiger partial charge in [-0.15, -0.1) is 0 Å². The van der Waals surface area contributed by atoms with Gasteiger partial charge in [-0.25, -0.2) is 0 Å². The molecule has 26 heavy (non-hydrogen) atoms. The second kappa shape index (κ2) is 7.95. The number of amides is 1.